The Morgan fingerprint density at radius 1 is 1.24 bits per heavy atom. The van der Waals surface area contributed by atoms with Gasteiger partial charge < -0.3 is 21.6 Å². The molecule has 0 spiro atoms. The van der Waals surface area contributed by atoms with Gasteiger partial charge in [0.1, 0.15) is 17.3 Å². The molecule has 10 heteroatoms. The van der Waals surface area contributed by atoms with Crippen molar-refractivity contribution in [3.8, 4) is 5.75 Å². The quantitative estimate of drug-likeness (QED) is 0.326. The third-order valence-electron chi connectivity index (χ3n) is 6.55. The molecule has 8 nitrogen and oxygen atoms in total. The van der Waals surface area contributed by atoms with E-state index in [0.29, 0.717) is 28.4 Å². The molecular formula is C24H29F2N7O. The average Bonchev–Trinajstić information content (AvgIpc) is 2.76. The van der Waals surface area contributed by atoms with Crippen LogP contribution in [-0.4, -0.2) is 43.5 Å². The van der Waals surface area contributed by atoms with Crippen molar-refractivity contribution in [2.45, 2.75) is 43.1 Å². The molecule has 0 saturated heterocycles. The van der Waals surface area contributed by atoms with E-state index in [9.17, 15) is 8.78 Å². The van der Waals surface area contributed by atoms with Gasteiger partial charge in [0.05, 0.1) is 12.6 Å². The van der Waals surface area contributed by atoms with Crippen LogP contribution < -0.4 is 21.6 Å². The molecule has 2 aliphatic carbocycles. The number of ether oxygens (including phenoxy) is 1. The fraction of sp³-hybridized carbons (Fsp3) is 0.417. The van der Waals surface area contributed by atoms with E-state index in [1.54, 1.807) is 32.5 Å². The summed E-state index contributed by atoms with van der Waals surface area (Å²) >= 11 is 0. The van der Waals surface area contributed by atoms with E-state index < -0.39 is 11.5 Å². The molecule has 1 heterocycles. The molecule has 2 saturated carbocycles. The van der Waals surface area contributed by atoms with Crippen molar-refractivity contribution in [3.63, 3.8) is 0 Å². The minimum Gasteiger partial charge on any atom is -0.494 e. The second-order valence-electron chi connectivity index (χ2n) is 8.91. The van der Waals surface area contributed by atoms with Gasteiger partial charge in [-0.25, -0.2) is 13.8 Å². The average molecular weight is 470 g/mol. The zero-order valence-corrected chi connectivity index (χ0v) is 19.3. The van der Waals surface area contributed by atoms with Crippen LogP contribution in [0.2, 0.25) is 0 Å². The summed E-state index contributed by atoms with van der Waals surface area (Å²) in [5.74, 6) is -0.963. The van der Waals surface area contributed by atoms with Gasteiger partial charge in [-0.1, -0.05) is 12.1 Å². The highest BCUT2D eigenvalue weighted by Crippen LogP contribution is 2.50. The van der Waals surface area contributed by atoms with E-state index >= 15 is 0 Å². The summed E-state index contributed by atoms with van der Waals surface area (Å²) in [5.41, 5.74) is 16.9. The Hall–Kier alpha value is -3.40. The first-order valence-electron chi connectivity index (χ1n) is 11.1. The first-order chi connectivity index (χ1) is 16.2. The molecule has 180 valence electrons. The lowest BCUT2D eigenvalue weighted by molar-refractivity contribution is -0.125. The van der Waals surface area contributed by atoms with E-state index in [4.69, 9.17) is 16.2 Å². The molecule has 2 aromatic rings. The minimum atomic E-state index is -2.69. The van der Waals surface area contributed by atoms with Crippen molar-refractivity contribution in [2.24, 2.45) is 32.5 Å². The van der Waals surface area contributed by atoms with Gasteiger partial charge >= 0.3 is 0 Å². The van der Waals surface area contributed by atoms with E-state index in [0.717, 1.165) is 18.5 Å². The van der Waals surface area contributed by atoms with Crippen LogP contribution in [0.4, 0.5) is 14.5 Å². The molecule has 4 rings (SSSR count). The number of halogens is 2. The molecule has 0 aliphatic heterocycles. The fourth-order valence-electron chi connectivity index (χ4n) is 4.65. The van der Waals surface area contributed by atoms with Gasteiger partial charge in [0, 0.05) is 49.2 Å². The van der Waals surface area contributed by atoms with Crippen LogP contribution in [0, 0.1) is 5.92 Å². The summed E-state index contributed by atoms with van der Waals surface area (Å²) in [5, 5.41) is 4.33. The number of aliphatic imine (C=N–C) groups is 2. The van der Waals surface area contributed by atoms with Crippen LogP contribution in [0.15, 0.2) is 51.6 Å². The Balaban J connectivity index is 1.45. The lowest BCUT2D eigenvalue weighted by atomic mass is 9.69. The van der Waals surface area contributed by atoms with Gasteiger partial charge in [0.2, 0.25) is 0 Å². The summed E-state index contributed by atoms with van der Waals surface area (Å²) in [6.45, 7) is 3.61. The Kier molecular flexibility index (Phi) is 6.35. The first kappa shape index (κ1) is 23.7. The number of nitrogens with zero attached hydrogens (tertiary/aromatic N) is 4. The molecule has 34 heavy (non-hydrogen) atoms. The number of alkyl halides is 2. The predicted octanol–water partition coefficient (Wildman–Crippen LogP) is 3.44. The van der Waals surface area contributed by atoms with Gasteiger partial charge in [-0.15, -0.1) is 0 Å². The molecule has 0 atom stereocenters. The van der Waals surface area contributed by atoms with Gasteiger partial charge in [0.15, 0.2) is 5.84 Å². The standard InChI is InChI=1S/C24H29F2N7O/c1-29-20-17(5-4-6-19(20)34-3)21(27)32-22(33-30-2)15-9-14(10-15)18-8-7-16(11-31-18)23(28)12-24(25,26)13-23/h4-8,11,14-15,30H,1,9-10,12-13,28H2,2-3H3,(H2,27,32,33). The van der Waals surface area contributed by atoms with Crippen LogP contribution in [-0.2, 0) is 5.54 Å². The summed E-state index contributed by atoms with van der Waals surface area (Å²) in [4.78, 5) is 13.1. The number of para-hydroxylation sites is 1. The number of nitrogens with two attached hydrogens (primary N) is 2. The number of rotatable bonds is 7. The number of aromatic nitrogens is 1. The number of pyridine rings is 1. The van der Waals surface area contributed by atoms with Crippen molar-refractivity contribution >= 4 is 24.1 Å². The molecule has 2 aliphatic rings. The highest BCUT2D eigenvalue weighted by molar-refractivity contribution is 6.09. The summed E-state index contributed by atoms with van der Waals surface area (Å²) in [6.07, 6.45) is 2.53. The van der Waals surface area contributed by atoms with Gasteiger partial charge in [-0.3, -0.25) is 9.98 Å². The van der Waals surface area contributed by atoms with Crippen molar-refractivity contribution in [1.82, 2.24) is 10.4 Å². The maximum Gasteiger partial charge on any atom is 0.252 e. The van der Waals surface area contributed by atoms with Gasteiger partial charge in [-0.05, 0) is 43.3 Å². The van der Waals surface area contributed by atoms with Crippen molar-refractivity contribution < 1.29 is 13.5 Å². The third-order valence-corrected chi connectivity index (χ3v) is 6.55. The number of benzene rings is 1. The maximum atomic E-state index is 13.3. The largest absolute Gasteiger partial charge is 0.494 e. The molecule has 0 amide bonds. The fourth-order valence-corrected chi connectivity index (χ4v) is 4.65. The van der Waals surface area contributed by atoms with Crippen LogP contribution in [0.3, 0.4) is 0 Å². The minimum absolute atomic E-state index is 0.0920. The van der Waals surface area contributed by atoms with E-state index in [2.05, 4.69) is 32.2 Å². The van der Waals surface area contributed by atoms with Crippen LogP contribution in [0.5, 0.6) is 5.75 Å². The summed E-state index contributed by atoms with van der Waals surface area (Å²) in [7, 11) is 3.26. The Morgan fingerprint density at radius 3 is 2.53 bits per heavy atom. The summed E-state index contributed by atoms with van der Waals surface area (Å²) < 4.78 is 31.9. The number of hydrogen-bond donors (Lipinski definition) is 3. The highest BCUT2D eigenvalue weighted by Gasteiger charge is 2.55. The number of hydrazone groups is 1. The SMILES string of the molecule is C=Nc1c(OC)cccc1C(N)=N/C(=N\NC)C1CC(c2ccc(C3(N)CC(F)(F)C3)cn2)C1. The summed E-state index contributed by atoms with van der Waals surface area (Å²) in [6, 6.07) is 9.09. The number of nitrogens with one attached hydrogen (secondary N) is 1. The molecular weight excluding hydrogens is 440 g/mol. The van der Waals surface area contributed by atoms with Crippen LogP contribution in [0.25, 0.3) is 0 Å². The van der Waals surface area contributed by atoms with Crippen molar-refractivity contribution in [1.29, 1.82) is 0 Å². The van der Waals surface area contributed by atoms with Crippen LogP contribution >= 0.6 is 0 Å². The Morgan fingerprint density at radius 2 is 1.97 bits per heavy atom. The number of amidine groups is 2. The Labute approximate surface area is 197 Å². The lowest BCUT2D eigenvalue weighted by Gasteiger charge is -2.44. The zero-order chi connectivity index (χ0) is 24.5. The maximum absolute atomic E-state index is 13.3. The van der Waals surface area contributed by atoms with Gasteiger partial charge in [-0.2, -0.15) is 5.10 Å². The molecule has 5 N–H and O–H groups in total. The van der Waals surface area contributed by atoms with Crippen molar-refractivity contribution in [3.05, 3.63) is 53.3 Å². The van der Waals surface area contributed by atoms with Crippen molar-refractivity contribution in [2.75, 3.05) is 14.2 Å². The molecule has 1 aromatic heterocycles. The number of hydrogen-bond acceptors (Lipinski definition) is 6. The zero-order valence-electron chi connectivity index (χ0n) is 19.3. The third kappa shape index (κ3) is 4.50. The smallest absolute Gasteiger partial charge is 0.252 e. The molecule has 0 unspecified atom stereocenters. The lowest BCUT2D eigenvalue weighted by Crippen LogP contribution is -2.55. The highest BCUT2D eigenvalue weighted by atomic mass is 19.3. The second-order valence-corrected chi connectivity index (χ2v) is 8.91. The Bertz CT molecular complexity index is 1120. The molecule has 0 radical (unpaired) electrons. The van der Waals surface area contributed by atoms with Gasteiger partial charge in [0.25, 0.3) is 5.92 Å². The van der Waals surface area contributed by atoms with Crippen LogP contribution in [0.1, 0.15) is 48.4 Å². The van der Waals surface area contributed by atoms with E-state index in [-0.39, 0.29) is 30.5 Å². The monoisotopic (exact) mass is 469 g/mol. The normalized spacial score (nSPS) is 23.4. The molecule has 0 bridgehead atoms. The van der Waals surface area contributed by atoms with E-state index in [1.165, 1.54) is 0 Å². The van der Waals surface area contributed by atoms with E-state index in [1.807, 2.05) is 18.2 Å². The molecule has 2 fully saturated rings. The second kappa shape index (κ2) is 9.09. The first-order valence-corrected chi connectivity index (χ1v) is 11.1. The topological polar surface area (TPSA) is 123 Å². The number of methoxy groups -OCH3 is 1. The molecule has 1 aromatic carbocycles. The predicted molar refractivity (Wildman–Crippen MR) is 129 cm³/mol.